The van der Waals surface area contributed by atoms with Gasteiger partial charge in [-0.15, -0.1) is 0 Å². The Kier molecular flexibility index (Phi) is 4.80. The summed E-state index contributed by atoms with van der Waals surface area (Å²) in [7, 11) is 0. The topological polar surface area (TPSA) is 24.1 Å². The third-order valence-corrected chi connectivity index (χ3v) is 3.59. The summed E-state index contributed by atoms with van der Waals surface area (Å²) in [5.74, 6) is 0. The molecule has 0 aliphatic heterocycles. The smallest absolute Gasteiger partial charge is 0.175 e. The summed E-state index contributed by atoms with van der Waals surface area (Å²) in [6, 6.07) is 13.4. The van der Waals surface area contributed by atoms with Gasteiger partial charge in [0.15, 0.2) is 5.11 Å². The maximum atomic E-state index is 6.07. The average Bonchev–Trinajstić information content (AvgIpc) is 2.36. The largest absolute Gasteiger partial charge is 0.332 e. The van der Waals surface area contributed by atoms with Crippen molar-refractivity contribution < 1.29 is 0 Å². The van der Waals surface area contributed by atoms with Gasteiger partial charge in [0.05, 0.1) is 10.7 Å². The molecule has 0 fully saturated rings. The molecular weight excluding hydrogens is 344 g/mol. The maximum absolute atomic E-state index is 6.07. The molecule has 2 rings (SSSR count). The van der Waals surface area contributed by atoms with Crippen LogP contribution in [0, 0.1) is 6.92 Å². The predicted octanol–water partition coefficient (Wildman–Crippen LogP) is 5.22. The molecule has 0 radical (unpaired) electrons. The number of hydrogen-bond acceptors (Lipinski definition) is 1. The van der Waals surface area contributed by atoms with Crippen molar-refractivity contribution >= 4 is 56.2 Å². The van der Waals surface area contributed by atoms with E-state index in [9.17, 15) is 0 Å². The number of halogens is 2. The highest BCUT2D eigenvalue weighted by molar-refractivity contribution is 9.10. The van der Waals surface area contributed by atoms with Crippen molar-refractivity contribution in [1.82, 2.24) is 0 Å². The predicted molar refractivity (Wildman–Crippen MR) is 90.2 cm³/mol. The molecule has 0 bridgehead atoms. The van der Waals surface area contributed by atoms with E-state index in [1.807, 2.05) is 49.4 Å². The van der Waals surface area contributed by atoms with Gasteiger partial charge >= 0.3 is 0 Å². The second kappa shape index (κ2) is 6.37. The molecule has 0 unspecified atom stereocenters. The Morgan fingerprint density at radius 1 is 1.11 bits per heavy atom. The highest BCUT2D eigenvalue weighted by Gasteiger charge is 2.04. The second-order valence-corrected chi connectivity index (χ2v) is 5.75. The van der Waals surface area contributed by atoms with E-state index in [0.29, 0.717) is 10.1 Å². The number of nitrogens with one attached hydrogen (secondary N) is 2. The van der Waals surface area contributed by atoms with E-state index >= 15 is 0 Å². The first-order valence-electron chi connectivity index (χ1n) is 5.65. The van der Waals surface area contributed by atoms with Gasteiger partial charge in [-0.2, -0.15) is 0 Å². The van der Waals surface area contributed by atoms with E-state index in [-0.39, 0.29) is 0 Å². The molecule has 2 aromatic rings. The van der Waals surface area contributed by atoms with Crippen molar-refractivity contribution in [2.24, 2.45) is 0 Å². The van der Waals surface area contributed by atoms with Gasteiger partial charge in [-0.1, -0.05) is 39.7 Å². The first-order valence-corrected chi connectivity index (χ1v) is 7.23. The highest BCUT2D eigenvalue weighted by Crippen LogP contribution is 2.22. The molecule has 0 aromatic heterocycles. The van der Waals surface area contributed by atoms with Gasteiger partial charge in [-0.3, -0.25) is 0 Å². The molecule has 2 nitrogen and oxygen atoms in total. The van der Waals surface area contributed by atoms with Crippen molar-refractivity contribution in [2.75, 3.05) is 10.6 Å². The van der Waals surface area contributed by atoms with Crippen molar-refractivity contribution in [2.45, 2.75) is 6.92 Å². The lowest BCUT2D eigenvalue weighted by molar-refractivity contribution is 1.44. The number of thiocarbonyl (C=S) groups is 1. The van der Waals surface area contributed by atoms with E-state index in [4.69, 9.17) is 23.8 Å². The minimum absolute atomic E-state index is 0.513. The number of rotatable bonds is 2. The van der Waals surface area contributed by atoms with Crippen LogP contribution < -0.4 is 10.6 Å². The number of hydrogen-bond donors (Lipinski definition) is 2. The average molecular weight is 356 g/mol. The highest BCUT2D eigenvalue weighted by atomic mass is 79.9. The third-order valence-electron chi connectivity index (χ3n) is 2.56. The van der Waals surface area contributed by atoms with E-state index in [0.717, 1.165) is 21.4 Å². The van der Waals surface area contributed by atoms with Gasteiger partial charge in [-0.05, 0) is 55.0 Å². The Morgan fingerprint density at radius 2 is 1.79 bits per heavy atom. The first kappa shape index (κ1) is 14.3. The zero-order valence-electron chi connectivity index (χ0n) is 10.2. The van der Waals surface area contributed by atoms with Gasteiger partial charge in [0.1, 0.15) is 0 Å². The van der Waals surface area contributed by atoms with Crippen molar-refractivity contribution in [3.63, 3.8) is 0 Å². The quantitative estimate of drug-likeness (QED) is 0.722. The van der Waals surface area contributed by atoms with Crippen LogP contribution in [0.25, 0.3) is 0 Å². The number of benzene rings is 2. The lowest BCUT2D eigenvalue weighted by Gasteiger charge is -2.13. The van der Waals surface area contributed by atoms with Crippen LogP contribution >= 0.6 is 39.7 Å². The molecule has 0 spiro atoms. The van der Waals surface area contributed by atoms with Crippen LogP contribution in [-0.4, -0.2) is 5.11 Å². The molecule has 0 saturated heterocycles. The molecular formula is C14H12BrClN2S. The zero-order valence-corrected chi connectivity index (χ0v) is 13.4. The minimum Gasteiger partial charge on any atom is -0.332 e. The van der Waals surface area contributed by atoms with Crippen LogP contribution in [0.3, 0.4) is 0 Å². The summed E-state index contributed by atoms with van der Waals surface area (Å²) >= 11 is 14.8. The fourth-order valence-corrected chi connectivity index (χ4v) is 2.48. The SMILES string of the molecule is Cc1cc(Br)ccc1NC(=S)Nc1ccccc1Cl. The maximum Gasteiger partial charge on any atom is 0.175 e. The second-order valence-electron chi connectivity index (χ2n) is 4.02. The zero-order chi connectivity index (χ0) is 13.8. The molecule has 0 amide bonds. The van der Waals surface area contributed by atoms with Crippen LogP contribution in [0.1, 0.15) is 5.56 Å². The third kappa shape index (κ3) is 3.93. The van der Waals surface area contributed by atoms with Gasteiger partial charge < -0.3 is 10.6 Å². The standard InChI is InChI=1S/C14H12BrClN2S/c1-9-8-10(15)6-7-12(9)17-14(19)18-13-5-3-2-4-11(13)16/h2-8H,1H3,(H2,17,18,19). The summed E-state index contributed by atoms with van der Waals surface area (Å²) < 4.78 is 1.04. The van der Waals surface area contributed by atoms with E-state index in [1.54, 1.807) is 0 Å². The fourth-order valence-electron chi connectivity index (χ4n) is 1.61. The summed E-state index contributed by atoms with van der Waals surface area (Å²) in [5.41, 5.74) is 2.86. The fraction of sp³-hybridized carbons (Fsp3) is 0.0714. The first-order chi connectivity index (χ1) is 9.06. The molecule has 0 heterocycles. The Hall–Kier alpha value is -1.10. The van der Waals surface area contributed by atoms with Gasteiger partial charge in [-0.25, -0.2) is 0 Å². The Bertz CT molecular complexity index is 616. The van der Waals surface area contributed by atoms with E-state index < -0.39 is 0 Å². The molecule has 0 atom stereocenters. The summed E-state index contributed by atoms with van der Waals surface area (Å²) in [4.78, 5) is 0. The number of aryl methyl sites for hydroxylation is 1. The Labute approximate surface area is 131 Å². The van der Waals surface area contributed by atoms with Crippen LogP contribution in [0.2, 0.25) is 5.02 Å². The van der Waals surface area contributed by atoms with Crippen molar-refractivity contribution in [3.05, 3.63) is 57.5 Å². The lowest BCUT2D eigenvalue weighted by atomic mass is 10.2. The minimum atomic E-state index is 0.513. The Morgan fingerprint density at radius 3 is 2.47 bits per heavy atom. The van der Waals surface area contributed by atoms with E-state index in [2.05, 4.69) is 26.6 Å². The lowest BCUT2D eigenvalue weighted by Crippen LogP contribution is -2.19. The molecule has 2 N–H and O–H groups in total. The molecule has 98 valence electrons. The van der Waals surface area contributed by atoms with Crippen molar-refractivity contribution in [1.29, 1.82) is 0 Å². The molecule has 5 heteroatoms. The number of para-hydroxylation sites is 1. The molecule has 0 aliphatic carbocycles. The van der Waals surface area contributed by atoms with Crippen molar-refractivity contribution in [3.8, 4) is 0 Å². The summed E-state index contributed by atoms with van der Waals surface area (Å²) in [6.45, 7) is 2.02. The van der Waals surface area contributed by atoms with E-state index in [1.165, 1.54) is 0 Å². The van der Waals surface area contributed by atoms with Gasteiger partial charge in [0.2, 0.25) is 0 Å². The molecule has 0 saturated carbocycles. The molecule has 0 aliphatic rings. The van der Waals surface area contributed by atoms with Crippen LogP contribution in [0.5, 0.6) is 0 Å². The molecule has 19 heavy (non-hydrogen) atoms. The van der Waals surface area contributed by atoms with Gasteiger partial charge in [0.25, 0.3) is 0 Å². The molecule has 2 aromatic carbocycles. The number of anilines is 2. The monoisotopic (exact) mass is 354 g/mol. The van der Waals surface area contributed by atoms with Gasteiger partial charge in [0, 0.05) is 10.2 Å². The van der Waals surface area contributed by atoms with Crippen LogP contribution in [0.4, 0.5) is 11.4 Å². The van der Waals surface area contributed by atoms with Crippen LogP contribution in [0.15, 0.2) is 46.9 Å². The summed E-state index contributed by atoms with van der Waals surface area (Å²) in [5, 5.41) is 7.38. The Balaban J connectivity index is 2.08. The van der Waals surface area contributed by atoms with Crippen LogP contribution in [-0.2, 0) is 0 Å². The normalized spacial score (nSPS) is 10.1. The summed E-state index contributed by atoms with van der Waals surface area (Å²) in [6.07, 6.45) is 0.